The van der Waals surface area contributed by atoms with Crippen molar-refractivity contribution >= 4 is 5.70 Å². The number of nitrogens with zero attached hydrogens (tertiary/aromatic N) is 1. The summed E-state index contributed by atoms with van der Waals surface area (Å²) < 4.78 is 5.09. The lowest BCUT2D eigenvalue weighted by atomic mass is 10.1. The van der Waals surface area contributed by atoms with Gasteiger partial charge in [0.1, 0.15) is 5.75 Å². The number of hydrogen-bond donors (Lipinski definition) is 2. The van der Waals surface area contributed by atoms with Gasteiger partial charge in [-0.15, -0.1) is 0 Å². The van der Waals surface area contributed by atoms with Crippen molar-refractivity contribution in [2.45, 2.75) is 19.8 Å². The zero-order valence-electron chi connectivity index (χ0n) is 10.5. The summed E-state index contributed by atoms with van der Waals surface area (Å²) in [5.41, 5.74) is 7.56. The third-order valence-corrected chi connectivity index (χ3v) is 2.50. The van der Waals surface area contributed by atoms with Gasteiger partial charge in [0.2, 0.25) is 0 Å². The summed E-state index contributed by atoms with van der Waals surface area (Å²) in [5.74, 6) is 6.62. The maximum atomic E-state index is 5.96. The first-order valence-corrected chi connectivity index (χ1v) is 5.80. The Hall–Kier alpha value is -1.68. The van der Waals surface area contributed by atoms with E-state index in [9.17, 15) is 0 Å². The van der Waals surface area contributed by atoms with Gasteiger partial charge in [-0.05, 0) is 36.2 Å². The van der Waals surface area contributed by atoms with Crippen LogP contribution in [-0.2, 0) is 0 Å². The normalized spacial score (nSPS) is 11.4. The van der Waals surface area contributed by atoms with Crippen LogP contribution in [0.1, 0.15) is 25.3 Å². The smallest absolute Gasteiger partial charge is 0.118 e. The molecule has 1 aromatic carbocycles. The van der Waals surface area contributed by atoms with Crippen molar-refractivity contribution in [3.63, 3.8) is 0 Å². The second-order valence-electron chi connectivity index (χ2n) is 3.90. The van der Waals surface area contributed by atoms with Crippen molar-refractivity contribution in [2.75, 3.05) is 13.7 Å². The van der Waals surface area contributed by atoms with Crippen molar-refractivity contribution in [3.8, 4) is 5.75 Å². The molecular weight excluding hydrogens is 214 g/mol. The van der Waals surface area contributed by atoms with Crippen LogP contribution in [0, 0.1) is 0 Å². The van der Waals surface area contributed by atoms with Crippen molar-refractivity contribution < 1.29 is 4.74 Å². The third-order valence-electron chi connectivity index (χ3n) is 2.50. The average molecular weight is 235 g/mol. The predicted octanol–water partition coefficient (Wildman–Crippen LogP) is 1.93. The van der Waals surface area contributed by atoms with E-state index in [4.69, 9.17) is 16.3 Å². The van der Waals surface area contributed by atoms with Crippen LogP contribution in [0.3, 0.4) is 0 Å². The summed E-state index contributed by atoms with van der Waals surface area (Å²) in [6, 6.07) is 7.59. The van der Waals surface area contributed by atoms with E-state index in [1.54, 1.807) is 18.3 Å². The van der Waals surface area contributed by atoms with E-state index >= 15 is 0 Å². The Morgan fingerprint density at radius 1 is 1.35 bits per heavy atom. The number of ether oxygens (including phenoxy) is 1. The van der Waals surface area contributed by atoms with E-state index in [-0.39, 0.29) is 0 Å². The fraction of sp³-hybridized carbons (Fsp3) is 0.385. The SMILES string of the molecule is CCCCN(N)/C=C(\N)c1ccc(OC)cc1. The molecule has 0 fully saturated rings. The number of hydrogen-bond acceptors (Lipinski definition) is 4. The average Bonchev–Trinajstić information content (AvgIpc) is 2.36. The summed E-state index contributed by atoms with van der Waals surface area (Å²) in [6.07, 6.45) is 3.93. The molecule has 1 aromatic rings. The molecule has 4 N–H and O–H groups in total. The minimum absolute atomic E-state index is 0.659. The van der Waals surface area contributed by atoms with Gasteiger partial charge in [0, 0.05) is 12.7 Å². The molecule has 0 heterocycles. The van der Waals surface area contributed by atoms with Crippen molar-refractivity contribution in [1.82, 2.24) is 5.01 Å². The van der Waals surface area contributed by atoms with Gasteiger partial charge >= 0.3 is 0 Å². The molecule has 0 amide bonds. The zero-order valence-corrected chi connectivity index (χ0v) is 10.5. The molecule has 4 nitrogen and oxygen atoms in total. The van der Waals surface area contributed by atoms with E-state index in [0.717, 1.165) is 30.7 Å². The highest BCUT2D eigenvalue weighted by molar-refractivity contribution is 5.62. The number of rotatable bonds is 6. The largest absolute Gasteiger partial charge is 0.497 e. The highest BCUT2D eigenvalue weighted by Gasteiger charge is 1.99. The Balaban J connectivity index is 2.66. The Morgan fingerprint density at radius 3 is 2.53 bits per heavy atom. The lowest BCUT2D eigenvalue weighted by molar-refractivity contribution is 0.385. The van der Waals surface area contributed by atoms with Crippen LogP contribution in [0.5, 0.6) is 5.75 Å². The van der Waals surface area contributed by atoms with E-state index in [2.05, 4.69) is 6.92 Å². The summed E-state index contributed by atoms with van der Waals surface area (Å²) in [7, 11) is 1.64. The topological polar surface area (TPSA) is 64.5 Å². The van der Waals surface area contributed by atoms with Gasteiger partial charge < -0.3 is 15.5 Å². The predicted molar refractivity (Wildman–Crippen MR) is 71.0 cm³/mol. The molecule has 0 aromatic heterocycles. The molecule has 0 spiro atoms. The van der Waals surface area contributed by atoms with Gasteiger partial charge in [-0.2, -0.15) is 0 Å². The number of unbranched alkanes of at least 4 members (excludes halogenated alkanes) is 1. The molecule has 0 saturated carbocycles. The Morgan fingerprint density at radius 2 is 2.00 bits per heavy atom. The second-order valence-corrected chi connectivity index (χ2v) is 3.90. The van der Waals surface area contributed by atoms with Gasteiger partial charge in [0.05, 0.1) is 12.8 Å². The van der Waals surface area contributed by atoms with E-state index < -0.39 is 0 Å². The lowest BCUT2D eigenvalue weighted by Gasteiger charge is -2.14. The Kier molecular flexibility index (Phi) is 5.36. The quantitative estimate of drug-likeness (QED) is 0.584. The maximum absolute atomic E-state index is 5.96. The minimum Gasteiger partial charge on any atom is -0.497 e. The van der Waals surface area contributed by atoms with Crippen LogP contribution in [0.4, 0.5) is 0 Å². The molecular formula is C13H21N3O. The van der Waals surface area contributed by atoms with Gasteiger partial charge in [-0.1, -0.05) is 13.3 Å². The van der Waals surface area contributed by atoms with Crippen molar-refractivity contribution in [2.24, 2.45) is 11.6 Å². The van der Waals surface area contributed by atoms with Gasteiger partial charge in [-0.25, -0.2) is 5.84 Å². The fourth-order valence-electron chi connectivity index (χ4n) is 1.44. The maximum Gasteiger partial charge on any atom is 0.118 e. The zero-order chi connectivity index (χ0) is 12.7. The van der Waals surface area contributed by atoms with Gasteiger partial charge in [-0.3, -0.25) is 0 Å². The van der Waals surface area contributed by atoms with E-state index in [1.807, 2.05) is 24.3 Å². The molecule has 0 saturated heterocycles. The molecule has 4 heteroatoms. The molecule has 0 aliphatic rings. The number of nitrogens with two attached hydrogens (primary N) is 2. The van der Waals surface area contributed by atoms with Crippen LogP contribution in [0.25, 0.3) is 5.70 Å². The first-order chi connectivity index (χ1) is 8.17. The summed E-state index contributed by atoms with van der Waals surface area (Å²) in [6.45, 7) is 2.94. The third kappa shape index (κ3) is 4.36. The molecule has 0 aliphatic carbocycles. The van der Waals surface area contributed by atoms with Crippen molar-refractivity contribution in [1.29, 1.82) is 0 Å². The van der Waals surface area contributed by atoms with Crippen LogP contribution >= 0.6 is 0 Å². The summed E-state index contributed by atoms with van der Waals surface area (Å²) >= 11 is 0. The lowest BCUT2D eigenvalue weighted by Crippen LogP contribution is -2.27. The second kappa shape index (κ2) is 6.81. The highest BCUT2D eigenvalue weighted by Crippen LogP contribution is 2.15. The molecule has 0 atom stereocenters. The first kappa shape index (κ1) is 13.4. The van der Waals surface area contributed by atoms with E-state index in [1.165, 1.54) is 0 Å². The van der Waals surface area contributed by atoms with Crippen LogP contribution in [0.2, 0.25) is 0 Å². The first-order valence-electron chi connectivity index (χ1n) is 5.80. The molecule has 0 radical (unpaired) electrons. The molecule has 94 valence electrons. The van der Waals surface area contributed by atoms with Gasteiger partial charge in [0.25, 0.3) is 0 Å². The molecule has 0 unspecified atom stereocenters. The molecule has 0 bridgehead atoms. The molecule has 1 rings (SSSR count). The monoisotopic (exact) mass is 235 g/mol. The number of methoxy groups -OCH3 is 1. The summed E-state index contributed by atoms with van der Waals surface area (Å²) in [4.78, 5) is 0. The van der Waals surface area contributed by atoms with Crippen LogP contribution < -0.4 is 16.3 Å². The van der Waals surface area contributed by atoms with Crippen LogP contribution in [0.15, 0.2) is 30.5 Å². The fourth-order valence-corrected chi connectivity index (χ4v) is 1.44. The number of hydrazine groups is 1. The standard InChI is InChI=1S/C13H21N3O/c1-3-4-9-16(15)10-13(14)11-5-7-12(17-2)8-6-11/h5-8,10H,3-4,9,14-15H2,1-2H3/b13-10-. The number of benzene rings is 1. The molecule has 0 aliphatic heterocycles. The van der Waals surface area contributed by atoms with Crippen molar-refractivity contribution in [3.05, 3.63) is 36.0 Å². The summed E-state index contributed by atoms with van der Waals surface area (Å²) in [5, 5.41) is 1.63. The minimum atomic E-state index is 0.659. The van der Waals surface area contributed by atoms with E-state index in [0.29, 0.717) is 5.70 Å². The molecule has 17 heavy (non-hydrogen) atoms. The highest BCUT2D eigenvalue weighted by atomic mass is 16.5. The van der Waals surface area contributed by atoms with Crippen LogP contribution in [-0.4, -0.2) is 18.7 Å². The van der Waals surface area contributed by atoms with Gasteiger partial charge in [0.15, 0.2) is 0 Å². The Labute approximate surface area is 103 Å². The Bertz CT molecular complexity index is 359.